The molecule has 0 aliphatic heterocycles. The molecule has 0 saturated heterocycles. The molecule has 1 heterocycles. The first-order valence-corrected chi connectivity index (χ1v) is 14.6. The van der Waals surface area contributed by atoms with Crippen LogP contribution in [0, 0.1) is 0 Å². The summed E-state index contributed by atoms with van der Waals surface area (Å²) in [6.45, 7) is 6.19. The molecule has 8 heteroatoms. The van der Waals surface area contributed by atoms with Gasteiger partial charge in [-0.1, -0.05) is 32.0 Å². The summed E-state index contributed by atoms with van der Waals surface area (Å²) >= 11 is 0. The van der Waals surface area contributed by atoms with Crippen LogP contribution < -0.4 is 14.2 Å². The van der Waals surface area contributed by atoms with Crippen LogP contribution in [0.3, 0.4) is 0 Å². The van der Waals surface area contributed by atoms with E-state index in [0.717, 1.165) is 37.4 Å². The molecule has 0 radical (unpaired) electrons. The second-order valence-electron chi connectivity index (χ2n) is 9.87. The zero-order valence-electron chi connectivity index (χ0n) is 23.3. The molecule has 0 atom stereocenters. The maximum atomic E-state index is 13.6. The molecule has 3 aromatic carbocycles. The Bertz CT molecular complexity index is 1490. The van der Waals surface area contributed by atoms with Crippen LogP contribution in [0.1, 0.15) is 37.5 Å². The fourth-order valence-corrected chi connectivity index (χ4v) is 6.25. The van der Waals surface area contributed by atoms with Crippen molar-refractivity contribution in [3.8, 4) is 17.2 Å². The maximum absolute atomic E-state index is 13.6. The highest BCUT2D eigenvalue weighted by Gasteiger charge is 2.29. The summed E-state index contributed by atoms with van der Waals surface area (Å²) in [5, 5.41) is 0.608. The zero-order chi connectivity index (χ0) is 28.0. The largest absolute Gasteiger partial charge is 0.494 e. The Labute approximate surface area is 231 Å². The SMILES string of the molecule is COc1ccc(CCN(C)CCCOc2ccc(S(=O)(=O)c3c(C(C)C)oc4ccccc34)cc2)cc1OC. The molecule has 4 aromatic rings. The molecule has 0 spiro atoms. The maximum Gasteiger partial charge on any atom is 0.210 e. The van der Waals surface area contributed by atoms with Crippen molar-refractivity contribution in [2.24, 2.45) is 0 Å². The van der Waals surface area contributed by atoms with Gasteiger partial charge in [-0.15, -0.1) is 0 Å². The molecule has 0 bridgehead atoms. The van der Waals surface area contributed by atoms with Crippen LogP contribution in [0.4, 0.5) is 0 Å². The smallest absolute Gasteiger partial charge is 0.210 e. The van der Waals surface area contributed by atoms with E-state index >= 15 is 0 Å². The first-order chi connectivity index (χ1) is 18.7. The molecule has 0 saturated carbocycles. The van der Waals surface area contributed by atoms with Crippen molar-refractivity contribution in [3.63, 3.8) is 0 Å². The van der Waals surface area contributed by atoms with Gasteiger partial charge in [0.25, 0.3) is 0 Å². The molecule has 0 unspecified atom stereocenters. The van der Waals surface area contributed by atoms with E-state index in [1.807, 2.05) is 38.1 Å². The van der Waals surface area contributed by atoms with Crippen molar-refractivity contribution in [2.45, 2.75) is 42.4 Å². The number of hydrogen-bond acceptors (Lipinski definition) is 7. The Kier molecular flexibility index (Phi) is 9.20. The van der Waals surface area contributed by atoms with Gasteiger partial charge in [0.1, 0.15) is 22.0 Å². The number of hydrogen-bond donors (Lipinski definition) is 0. The molecule has 0 aliphatic carbocycles. The number of rotatable bonds is 13. The Morgan fingerprint density at radius 2 is 1.62 bits per heavy atom. The molecule has 0 aliphatic rings. The van der Waals surface area contributed by atoms with Gasteiger partial charge in [-0.05, 0) is 74.0 Å². The van der Waals surface area contributed by atoms with Gasteiger partial charge >= 0.3 is 0 Å². The quantitative estimate of drug-likeness (QED) is 0.179. The average molecular weight is 552 g/mol. The molecule has 208 valence electrons. The van der Waals surface area contributed by atoms with Crippen LogP contribution >= 0.6 is 0 Å². The van der Waals surface area contributed by atoms with Gasteiger partial charge < -0.3 is 23.5 Å². The van der Waals surface area contributed by atoms with Crippen molar-refractivity contribution in [3.05, 3.63) is 78.1 Å². The molecule has 7 nitrogen and oxygen atoms in total. The molecule has 39 heavy (non-hydrogen) atoms. The van der Waals surface area contributed by atoms with Crippen LogP contribution in [0.15, 0.2) is 80.9 Å². The molecule has 0 amide bonds. The zero-order valence-corrected chi connectivity index (χ0v) is 24.1. The van der Waals surface area contributed by atoms with Crippen molar-refractivity contribution < 1.29 is 27.0 Å². The highest BCUT2D eigenvalue weighted by Crippen LogP contribution is 2.37. The summed E-state index contributed by atoms with van der Waals surface area (Å²) in [5.74, 6) is 2.52. The molecule has 0 fully saturated rings. The monoisotopic (exact) mass is 551 g/mol. The Hall–Kier alpha value is -3.49. The summed E-state index contributed by atoms with van der Waals surface area (Å²) in [6.07, 6.45) is 1.75. The third-order valence-corrected chi connectivity index (χ3v) is 8.54. The molecular formula is C31H37NO6S. The van der Waals surface area contributed by atoms with Gasteiger partial charge in [0.2, 0.25) is 9.84 Å². The van der Waals surface area contributed by atoms with E-state index in [-0.39, 0.29) is 15.7 Å². The summed E-state index contributed by atoms with van der Waals surface area (Å²) in [6, 6.07) is 19.9. The number of methoxy groups -OCH3 is 2. The summed E-state index contributed by atoms with van der Waals surface area (Å²) in [7, 11) is 1.61. The Morgan fingerprint density at radius 1 is 0.897 bits per heavy atom. The highest BCUT2D eigenvalue weighted by atomic mass is 32.2. The lowest BCUT2D eigenvalue weighted by atomic mass is 10.1. The fourth-order valence-electron chi connectivity index (χ4n) is 4.52. The predicted molar refractivity (Wildman–Crippen MR) is 153 cm³/mol. The van der Waals surface area contributed by atoms with E-state index < -0.39 is 9.84 Å². The summed E-state index contributed by atoms with van der Waals surface area (Å²) in [5.41, 5.74) is 1.77. The van der Waals surface area contributed by atoms with Gasteiger partial charge in [0, 0.05) is 24.4 Å². The van der Waals surface area contributed by atoms with Crippen molar-refractivity contribution in [1.29, 1.82) is 0 Å². The average Bonchev–Trinajstić information content (AvgIpc) is 3.35. The summed E-state index contributed by atoms with van der Waals surface area (Å²) < 4.78 is 49.7. The fraction of sp³-hybridized carbons (Fsp3) is 0.355. The Morgan fingerprint density at radius 3 is 2.31 bits per heavy atom. The standard InChI is InChI=1S/C31H37NO6S/c1-22(2)30-31(26-9-6-7-10-27(26)38-30)39(33,34)25-14-12-24(13-15-25)37-20-8-18-32(3)19-17-23-11-16-28(35-4)29(21-23)36-5/h6-7,9-16,21-22H,8,17-20H2,1-5H3. The number of nitrogens with zero attached hydrogens (tertiary/aromatic N) is 1. The van der Waals surface area contributed by atoms with Gasteiger partial charge in [-0.2, -0.15) is 0 Å². The van der Waals surface area contributed by atoms with Crippen LogP contribution in [0.2, 0.25) is 0 Å². The number of ether oxygens (including phenoxy) is 3. The first-order valence-electron chi connectivity index (χ1n) is 13.1. The predicted octanol–water partition coefficient (Wildman–Crippen LogP) is 6.35. The van der Waals surface area contributed by atoms with Gasteiger partial charge in [-0.25, -0.2) is 8.42 Å². The van der Waals surface area contributed by atoms with E-state index in [1.165, 1.54) is 5.56 Å². The number of fused-ring (bicyclic) bond motifs is 1. The van der Waals surface area contributed by atoms with E-state index in [9.17, 15) is 8.42 Å². The molecular weight excluding hydrogens is 514 g/mol. The second-order valence-corrected chi connectivity index (χ2v) is 11.8. The minimum Gasteiger partial charge on any atom is -0.494 e. The first kappa shape index (κ1) is 28.5. The van der Waals surface area contributed by atoms with Crippen LogP contribution in [0.5, 0.6) is 17.2 Å². The van der Waals surface area contributed by atoms with Gasteiger partial charge in [0.05, 0.1) is 25.7 Å². The lowest BCUT2D eigenvalue weighted by Crippen LogP contribution is -2.23. The van der Waals surface area contributed by atoms with Gasteiger partial charge in [0.15, 0.2) is 11.5 Å². The van der Waals surface area contributed by atoms with Crippen LogP contribution in [0.25, 0.3) is 11.0 Å². The number of furan rings is 1. The summed E-state index contributed by atoms with van der Waals surface area (Å²) in [4.78, 5) is 2.73. The number of sulfone groups is 1. The third kappa shape index (κ3) is 6.57. The third-order valence-electron chi connectivity index (χ3n) is 6.69. The second kappa shape index (κ2) is 12.6. The number of benzene rings is 3. The van der Waals surface area contributed by atoms with E-state index in [0.29, 0.717) is 29.1 Å². The lowest BCUT2D eigenvalue weighted by molar-refractivity contribution is 0.264. The van der Waals surface area contributed by atoms with Gasteiger partial charge in [-0.3, -0.25) is 0 Å². The Balaban J connectivity index is 1.31. The number of likely N-dealkylation sites (N-methyl/N-ethyl adjacent to an activating group) is 1. The highest BCUT2D eigenvalue weighted by molar-refractivity contribution is 7.91. The minimum atomic E-state index is -3.76. The van der Waals surface area contributed by atoms with Crippen molar-refractivity contribution >= 4 is 20.8 Å². The van der Waals surface area contributed by atoms with Crippen LogP contribution in [-0.4, -0.2) is 54.3 Å². The lowest BCUT2D eigenvalue weighted by Gasteiger charge is -2.17. The van der Waals surface area contributed by atoms with E-state index in [4.69, 9.17) is 18.6 Å². The normalized spacial score (nSPS) is 11.9. The number of para-hydroxylation sites is 1. The minimum absolute atomic E-state index is 0.0676. The van der Waals surface area contributed by atoms with Crippen molar-refractivity contribution in [1.82, 2.24) is 4.90 Å². The molecule has 4 rings (SSSR count). The van der Waals surface area contributed by atoms with Crippen molar-refractivity contribution in [2.75, 3.05) is 41.0 Å². The van der Waals surface area contributed by atoms with E-state index in [2.05, 4.69) is 18.0 Å². The topological polar surface area (TPSA) is 78.2 Å². The van der Waals surface area contributed by atoms with E-state index in [1.54, 1.807) is 50.6 Å². The molecule has 0 N–H and O–H groups in total. The van der Waals surface area contributed by atoms with Crippen LogP contribution in [-0.2, 0) is 16.3 Å². The molecule has 1 aromatic heterocycles.